The van der Waals surface area contributed by atoms with Gasteiger partial charge in [0, 0.05) is 29.1 Å². The molecule has 0 aliphatic carbocycles. The molecule has 0 spiro atoms. The lowest BCUT2D eigenvalue weighted by Gasteiger charge is -2.07. The zero-order valence-electron chi connectivity index (χ0n) is 18.0. The molecule has 0 aliphatic heterocycles. The molecule has 0 saturated heterocycles. The first kappa shape index (κ1) is 23.6. The molecule has 4 rings (SSSR count). The summed E-state index contributed by atoms with van der Waals surface area (Å²) in [5.74, 6) is -5.07. The molecule has 4 aromatic rings. The van der Waals surface area contributed by atoms with Gasteiger partial charge in [0.05, 0.1) is 33.6 Å². The third-order valence-electron chi connectivity index (χ3n) is 5.02. The highest BCUT2D eigenvalue weighted by Crippen LogP contribution is 2.24. The average molecular weight is 486 g/mol. The summed E-state index contributed by atoms with van der Waals surface area (Å²) in [6, 6.07) is 10.2. The number of aromatic carboxylic acids is 4. The number of rotatable bonds is 7. The largest absolute Gasteiger partial charge is 0.478 e. The maximum atomic E-state index is 11.3. The van der Waals surface area contributed by atoms with Crippen molar-refractivity contribution in [3.63, 3.8) is 0 Å². The molecule has 12 heteroatoms. The molecular weight excluding hydrogens is 472 g/mol. The molecule has 2 aromatic heterocycles. The van der Waals surface area contributed by atoms with Crippen LogP contribution in [0.4, 0.5) is 0 Å². The van der Waals surface area contributed by atoms with Crippen LogP contribution in [0.1, 0.15) is 41.4 Å². The number of carboxylic acids is 4. The quantitative estimate of drug-likeness (QED) is 0.298. The van der Waals surface area contributed by atoms with E-state index >= 15 is 0 Å². The SMILES string of the molecule is O=C(O)c1cc(C(=O)O)cc(-c2ccc(-c3cnc(-c4cc(C(=O)O)cc(C(=O)O)c4)nc3)nn2)c1. The van der Waals surface area contributed by atoms with Crippen molar-refractivity contribution in [3.8, 4) is 33.9 Å². The van der Waals surface area contributed by atoms with Crippen LogP contribution in [0.3, 0.4) is 0 Å². The lowest BCUT2D eigenvalue weighted by molar-refractivity contribution is 0.0676. The second-order valence-electron chi connectivity index (χ2n) is 7.42. The van der Waals surface area contributed by atoms with Crippen LogP contribution in [0, 0.1) is 0 Å². The van der Waals surface area contributed by atoms with Crippen molar-refractivity contribution in [2.75, 3.05) is 0 Å². The minimum absolute atomic E-state index is 0.0978. The normalized spacial score (nSPS) is 10.6. The van der Waals surface area contributed by atoms with E-state index in [0.29, 0.717) is 11.3 Å². The predicted octanol–water partition coefficient (Wildman–Crippen LogP) is 3.06. The summed E-state index contributed by atoms with van der Waals surface area (Å²) in [7, 11) is 0. The van der Waals surface area contributed by atoms with Gasteiger partial charge in [-0.25, -0.2) is 29.1 Å². The van der Waals surface area contributed by atoms with Crippen LogP contribution in [-0.4, -0.2) is 64.5 Å². The number of carboxylic acid groups (broad SMARTS) is 4. The number of benzene rings is 2. The van der Waals surface area contributed by atoms with Gasteiger partial charge in [-0.3, -0.25) is 0 Å². The third-order valence-corrected chi connectivity index (χ3v) is 5.02. The Morgan fingerprint density at radius 3 is 1.22 bits per heavy atom. The van der Waals surface area contributed by atoms with Gasteiger partial charge >= 0.3 is 23.9 Å². The van der Waals surface area contributed by atoms with Crippen molar-refractivity contribution in [1.29, 1.82) is 0 Å². The molecule has 0 atom stereocenters. The summed E-state index contributed by atoms with van der Waals surface area (Å²) >= 11 is 0. The van der Waals surface area contributed by atoms with E-state index in [1.165, 1.54) is 42.7 Å². The zero-order valence-corrected chi connectivity index (χ0v) is 18.0. The highest BCUT2D eigenvalue weighted by atomic mass is 16.4. The van der Waals surface area contributed by atoms with Crippen LogP contribution >= 0.6 is 0 Å². The molecule has 0 fully saturated rings. The van der Waals surface area contributed by atoms with Crippen molar-refractivity contribution in [2.45, 2.75) is 0 Å². The standard InChI is InChI=1S/C24H14N4O8/c29-21(30)13-3-11(4-14(7-13)22(31)32)18-1-2-19(28-27-18)17-9-25-20(26-10-17)12-5-15(23(33)34)8-16(6-12)24(35)36/h1-10H,(H,29,30)(H,31,32)(H,33,34)(H,35,36). The summed E-state index contributed by atoms with van der Waals surface area (Å²) in [5, 5.41) is 45.1. The van der Waals surface area contributed by atoms with E-state index in [1.807, 2.05) is 0 Å². The van der Waals surface area contributed by atoms with Crippen LogP contribution in [0.5, 0.6) is 0 Å². The zero-order chi connectivity index (χ0) is 26.0. The van der Waals surface area contributed by atoms with E-state index in [9.17, 15) is 39.6 Å². The van der Waals surface area contributed by atoms with Crippen molar-refractivity contribution in [1.82, 2.24) is 20.2 Å². The number of nitrogens with zero attached hydrogens (tertiary/aromatic N) is 4. The van der Waals surface area contributed by atoms with Gasteiger partial charge in [0.15, 0.2) is 5.82 Å². The Morgan fingerprint density at radius 1 is 0.500 bits per heavy atom. The van der Waals surface area contributed by atoms with Crippen molar-refractivity contribution in [3.05, 3.63) is 83.2 Å². The number of carbonyl (C=O) groups is 4. The molecule has 36 heavy (non-hydrogen) atoms. The Balaban J connectivity index is 1.64. The second-order valence-corrected chi connectivity index (χ2v) is 7.42. The summed E-state index contributed by atoms with van der Waals surface area (Å²) in [5.41, 5.74) is 0.622. The maximum Gasteiger partial charge on any atom is 0.335 e. The first-order valence-corrected chi connectivity index (χ1v) is 10.0. The fraction of sp³-hybridized carbons (Fsp3) is 0. The van der Waals surface area contributed by atoms with Gasteiger partial charge in [-0.2, -0.15) is 0 Å². The Kier molecular flexibility index (Phi) is 6.16. The molecule has 0 aliphatic rings. The Labute approximate surface area is 201 Å². The van der Waals surface area contributed by atoms with Gasteiger partial charge in [0.25, 0.3) is 0 Å². The predicted molar refractivity (Wildman–Crippen MR) is 122 cm³/mol. The lowest BCUT2D eigenvalue weighted by Crippen LogP contribution is -2.04. The number of hydrogen-bond acceptors (Lipinski definition) is 8. The van der Waals surface area contributed by atoms with Gasteiger partial charge in [0.2, 0.25) is 0 Å². The minimum Gasteiger partial charge on any atom is -0.478 e. The Bertz CT molecular complexity index is 1350. The molecule has 0 saturated carbocycles. The monoisotopic (exact) mass is 486 g/mol. The summed E-state index contributed by atoms with van der Waals surface area (Å²) in [4.78, 5) is 53.7. The highest BCUT2D eigenvalue weighted by molar-refractivity contribution is 5.96. The first-order chi connectivity index (χ1) is 17.1. The molecule has 0 radical (unpaired) electrons. The molecule has 12 nitrogen and oxygen atoms in total. The van der Waals surface area contributed by atoms with E-state index in [2.05, 4.69) is 20.2 Å². The highest BCUT2D eigenvalue weighted by Gasteiger charge is 2.16. The van der Waals surface area contributed by atoms with E-state index in [-0.39, 0.29) is 44.9 Å². The lowest BCUT2D eigenvalue weighted by atomic mass is 10.0. The fourth-order valence-corrected chi connectivity index (χ4v) is 3.28. The van der Waals surface area contributed by atoms with Crippen molar-refractivity contribution < 1.29 is 39.6 Å². The Morgan fingerprint density at radius 2 is 0.861 bits per heavy atom. The van der Waals surface area contributed by atoms with Gasteiger partial charge < -0.3 is 20.4 Å². The molecule has 2 aromatic carbocycles. The smallest absolute Gasteiger partial charge is 0.335 e. The van der Waals surface area contributed by atoms with Gasteiger partial charge in [-0.05, 0) is 48.5 Å². The molecule has 0 bridgehead atoms. The van der Waals surface area contributed by atoms with E-state index in [1.54, 1.807) is 6.07 Å². The average Bonchev–Trinajstić information content (AvgIpc) is 2.88. The third kappa shape index (κ3) is 4.87. The minimum atomic E-state index is -1.30. The van der Waals surface area contributed by atoms with E-state index in [4.69, 9.17) is 0 Å². The Hall–Kier alpha value is -5.52. The van der Waals surface area contributed by atoms with Gasteiger partial charge in [0.1, 0.15) is 0 Å². The van der Waals surface area contributed by atoms with Crippen LogP contribution in [0.25, 0.3) is 33.9 Å². The van der Waals surface area contributed by atoms with Crippen LogP contribution in [0.15, 0.2) is 60.9 Å². The molecular formula is C24H14N4O8. The van der Waals surface area contributed by atoms with E-state index < -0.39 is 23.9 Å². The van der Waals surface area contributed by atoms with E-state index in [0.717, 1.165) is 12.1 Å². The summed E-state index contributed by atoms with van der Waals surface area (Å²) in [6.07, 6.45) is 2.79. The molecule has 0 amide bonds. The van der Waals surface area contributed by atoms with Crippen molar-refractivity contribution >= 4 is 23.9 Å². The molecule has 2 heterocycles. The molecule has 4 N–H and O–H groups in total. The summed E-state index contributed by atoms with van der Waals surface area (Å²) < 4.78 is 0. The summed E-state index contributed by atoms with van der Waals surface area (Å²) in [6.45, 7) is 0. The fourth-order valence-electron chi connectivity index (χ4n) is 3.28. The first-order valence-electron chi connectivity index (χ1n) is 10.0. The maximum absolute atomic E-state index is 11.3. The van der Waals surface area contributed by atoms with Crippen LogP contribution in [-0.2, 0) is 0 Å². The molecule has 0 unspecified atom stereocenters. The number of hydrogen-bond donors (Lipinski definition) is 4. The second kappa shape index (κ2) is 9.38. The molecule has 178 valence electrons. The van der Waals surface area contributed by atoms with Gasteiger partial charge in [-0.15, -0.1) is 10.2 Å². The van der Waals surface area contributed by atoms with Crippen LogP contribution < -0.4 is 0 Å². The van der Waals surface area contributed by atoms with Gasteiger partial charge in [-0.1, -0.05) is 0 Å². The van der Waals surface area contributed by atoms with Crippen LogP contribution in [0.2, 0.25) is 0 Å². The number of aromatic nitrogens is 4. The van der Waals surface area contributed by atoms with Crippen molar-refractivity contribution in [2.24, 2.45) is 0 Å². The topological polar surface area (TPSA) is 201 Å².